The second-order valence-corrected chi connectivity index (χ2v) is 4.86. The highest BCUT2D eigenvalue weighted by molar-refractivity contribution is 5.97. The van der Waals surface area contributed by atoms with Gasteiger partial charge in [0.15, 0.2) is 0 Å². The van der Waals surface area contributed by atoms with E-state index in [1.54, 1.807) is 6.92 Å². The molecular formula is C15H23NO5. The standard InChI is InChI=1S/C15H23NO5/c1-3-4-7-20-8-5-6-16-15(19)14-11(2)10-21-12(14)9-13(17)18/h10H,3-9H2,1-2H3,(H,16,19)(H,17,18). The highest BCUT2D eigenvalue weighted by Crippen LogP contribution is 2.17. The monoisotopic (exact) mass is 297 g/mol. The van der Waals surface area contributed by atoms with Crippen molar-refractivity contribution >= 4 is 11.9 Å². The second kappa shape index (κ2) is 9.18. The van der Waals surface area contributed by atoms with Gasteiger partial charge in [0.05, 0.1) is 11.8 Å². The van der Waals surface area contributed by atoms with Gasteiger partial charge in [-0.05, 0) is 19.8 Å². The summed E-state index contributed by atoms with van der Waals surface area (Å²) in [4.78, 5) is 22.8. The van der Waals surface area contributed by atoms with Crippen molar-refractivity contribution in [2.45, 2.75) is 39.5 Å². The van der Waals surface area contributed by atoms with Gasteiger partial charge in [0.1, 0.15) is 12.2 Å². The lowest BCUT2D eigenvalue weighted by molar-refractivity contribution is -0.136. The van der Waals surface area contributed by atoms with Crippen LogP contribution in [0.4, 0.5) is 0 Å². The predicted molar refractivity (Wildman–Crippen MR) is 77.5 cm³/mol. The third-order valence-corrected chi connectivity index (χ3v) is 2.98. The molecule has 0 radical (unpaired) electrons. The van der Waals surface area contributed by atoms with Gasteiger partial charge in [0.25, 0.3) is 5.91 Å². The Morgan fingerprint density at radius 2 is 2.05 bits per heavy atom. The lowest BCUT2D eigenvalue weighted by atomic mass is 10.1. The molecule has 1 aromatic heterocycles. The van der Waals surface area contributed by atoms with Crippen LogP contribution >= 0.6 is 0 Å². The zero-order valence-electron chi connectivity index (χ0n) is 12.6. The normalized spacial score (nSPS) is 10.6. The van der Waals surface area contributed by atoms with Crippen molar-refractivity contribution in [3.8, 4) is 0 Å². The van der Waals surface area contributed by atoms with E-state index in [2.05, 4.69) is 12.2 Å². The van der Waals surface area contributed by atoms with Crippen LogP contribution in [0.2, 0.25) is 0 Å². The topological polar surface area (TPSA) is 88.8 Å². The third kappa shape index (κ3) is 5.99. The van der Waals surface area contributed by atoms with Crippen molar-refractivity contribution < 1.29 is 23.8 Å². The van der Waals surface area contributed by atoms with Crippen LogP contribution in [0.3, 0.4) is 0 Å². The van der Waals surface area contributed by atoms with Gasteiger partial charge in [-0.2, -0.15) is 0 Å². The summed E-state index contributed by atoms with van der Waals surface area (Å²) >= 11 is 0. The number of aliphatic carboxylic acids is 1. The molecule has 1 rings (SSSR count). The van der Waals surface area contributed by atoms with Crippen LogP contribution in [0.5, 0.6) is 0 Å². The number of nitrogens with one attached hydrogen (secondary N) is 1. The van der Waals surface area contributed by atoms with Crippen molar-refractivity contribution in [2.24, 2.45) is 0 Å². The van der Waals surface area contributed by atoms with Gasteiger partial charge < -0.3 is 19.6 Å². The Hall–Kier alpha value is -1.82. The molecule has 6 nitrogen and oxygen atoms in total. The lowest BCUT2D eigenvalue weighted by Gasteiger charge is -2.06. The Bertz CT molecular complexity index is 467. The summed E-state index contributed by atoms with van der Waals surface area (Å²) in [6, 6.07) is 0. The van der Waals surface area contributed by atoms with Crippen LogP contribution in [0.1, 0.15) is 47.9 Å². The second-order valence-electron chi connectivity index (χ2n) is 4.86. The molecule has 0 saturated heterocycles. The van der Waals surface area contributed by atoms with Crippen LogP contribution in [0.15, 0.2) is 10.7 Å². The van der Waals surface area contributed by atoms with Gasteiger partial charge in [-0.3, -0.25) is 9.59 Å². The molecule has 0 aliphatic carbocycles. The number of ether oxygens (including phenoxy) is 1. The Kier molecular flexibility index (Phi) is 7.53. The van der Waals surface area contributed by atoms with Gasteiger partial charge in [-0.25, -0.2) is 0 Å². The number of furan rings is 1. The molecule has 0 atom stereocenters. The van der Waals surface area contributed by atoms with Gasteiger partial charge in [0, 0.05) is 25.3 Å². The van der Waals surface area contributed by atoms with Crippen LogP contribution in [0.25, 0.3) is 0 Å². The SMILES string of the molecule is CCCCOCCCNC(=O)c1c(C)coc1CC(=O)O. The summed E-state index contributed by atoms with van der Waals surface area (Å²) < 4.78 is 10.5. The first kappa shape index (κ1) is 17.2. The molecule has 0 aliphatic heterocycles. The molecule has 1 heterocycles. The maximum absolute atomic E-state index is 12.1. The number of carbonyl (C=O) groups is 2. The minimum atomic E-state index is -1.03. The number of hydrogen-bond acceptors (Lipinski definition) is 4. The molecule has 1 amide bonds. The molecular weight excluding hydrogens is 274 g/mol. The quantitative estimate of drug-likeness (QED) is 0.646. The fourth-order valence-electron chi connectivity index (χ4n) is 1.88. The van der Waals surface area contributed by atoms with Gasteiger partial charge in [0.2, 0.25) is 0 Å². The molecule has 0 fully saturated rings. The first-order chi connectivity index (χ1) is 10.1. The van der Waals surface area contributed by atoms with E-state index >= 15 is 0 Å². The van der Waals surface area contributed by atoms with E-state index in [0.717, 1.165) is 25.9 Å². The summed E-state index contributed by atoms with van der Waals surface area (Å²) in [7, 11) is 0. The number of aryl methyl sites for hydroxylation is 1. The van der Waals surface area contributed by atoms with E-state index in [4.69, 9.17) is 14.3 Å². The third-order valence-electron chi connectivity index (χ3n) is 2.98. The van der Waals surface area contributed by atoms with Crippen molar-refractivity contribution in [3.05, 3.63) is 23.2 Å². The van der Waals surface area contributed by atoms with Crippen LogP contribution in [-0.4, -0.2) is 36.7 Å². The zero-order valence-corrected chi connectivity index (χ0v) is 12.6. The number of carbonyl (C=O) groups excluding carboxylic acids is 1. The van der Waals surface area contributed by atoms with Crippen LogP contribution < -0.4 is 5.32 Å². The van der Waals surface area contributed by atoms with Crippen molar-refractivity contribution in [1.29, 1.82) is 0 Å². The smallest absolute Gasteiger partial charge is 0.311 e. The molecule has 6 heteroatoms. The number of carboxylic acids is 1. The molecule has 0 bridgehead atoms. The Morgan fingerprint density at radius 3 is 2.71 bits per heavy atom. The molecule has 2 N–H and O–H groups in total. The number of hydrogen-bond donors (Lipinski definition) is 2. The number of amides is 1. The zero-order chi connectivity index (χ0) is 15.7. The maximum Gasteiger partial charge on any atom is 0.311 e. The highest BCUT2D eigenvalue weighted by Gasteiger charge is 2.19. The average molecular weight is 297 g/mol. The first-order valence-corrected chi connectivity index (χ1v) is 7.21. The largest absolute Gasteiger partial charge is 0.481 e. The maximum atomic E-state index is 12.1. The van der Waals surface area contributed by atoms with E-state index in [9.17, 15) is 9.59 Å². The molecule has 0 aliphatic rings. The number of rotatable bonds is 10. The minimum Gasteiger partial charge on any atom is -0.481 e. The summed E-state index contributed by atoms with van der Waals surface area (Å²) in [6.07, 6.45) is 3.97. The molecule has 118 valence electrons. The van der Waals surface area contributed by atoms with Crippen molar-refractivity contribution in [2.75, 3.05) is 19.8 Å². The molecule has 1 aromatic rings. The molecule has 0 aromatic carbocycles. The van der Waals surface area contributed by atoms with Gasteiger partial charge in [-0.1, -0.05) is 13.3 Å². The molecule has 0 spiro atoms. The van der Waals surface area contributed by atoms with Crippen LogP contribution in [0, 0.1) is 6.92 Å². The fraction of sp³-hybridized carbons (Fsp3) is 0.600. The van der Waals surface area contributed by atoms with E-state index in [-0.39, 0.29) is 18.1 Å². The minimum absolute atomic E-state index is 0.191. The molecule has 0 unspecified atom stereocenters. The van der Waals surface area contributed by atoms with E-state index in [1.165, 1.54) is 6.26 Å². The van der Waals surface area contributed by atoms with Crippen molar-refractivity contribution in [3.63, 3.8) is 0 Å². The van der Waals surface area contributed by atoms with E-state index in [0.29, 0.717) is 24.3 Å². The van der Waals surface area contributed by atoms with E-state index in [1.807, 2.05) is 0 Å². The lowest BCUT2D eigenvalue weighted by Crippen LogP contribution is -2.26. The Balaban J connectivity index is 2.38. The highest BCUT2D eigenvalue weighted by atomic mass is 16.5. The molecule has 0 saturated carbocycles. The van der Waals surface area contributed by atoms with Gasteiger partial charge >= 0.3 is 5.97 Å². The first-order valence-electron chi connectivity index (χ1n) is 7.21. The van der Waals surface area contributed by atoms with Crippen LogP contribution in [-0.2, 0) is 16.0 Å². The summed E-state index contributed by atoms with van der Waals surface area (Å²) in [5.41, 5.74) is 0.965. The summed E-state index contributed by atoms with van der Waals surface area (Å²) in [6.45, 7) is 5.66. The Morgan fingerprint density at radius 1 is 1.33 bits per heavy atom. The summed E-state index contributed by atoms with van der Waals surface area (Å²) in [5, 5.41) is 11.5. The average Bonchev–Trinajstić information content (AvgIpc) is 2.77. The number of unbranched alkanes of at least 4 members (excludes halogenated alkanes) is 1. The predicted octanol–water partition coefficient (Wildman–Crippen LogP) is 2.15. The number of carboxylic acid groups (broad SMARTS) is 1. The van der Waals surface area contributed by atoms with Crippen molar-refractivity contribution in [1.82, 2.24) is 5.32 Å². The Labute approximate surface area is 124 Å². The molecule has 21 heavy (non-hydrogen) atoms. The summed E-state index contributed by atoms with van der Waals surface area (Å²) in [5.74, 6) is -1.13. The van der Waals surface area contributed by atoms with Gasteiger partial charge in [-0.15, -0.1) is 0 Å². The fourth-order valence-corrected chi connectivity index (χ4v) is 1.88. The van der Waals surface area contributed by atoms with E-state index < -0.39 is 5.97 Å².